The van der Waals surface area contributed by atoms with Crippen LogP contribution in [0.1, 0.15) is 4.88 Å². The smallest absolute Gasteiger partial charge is 0.254 e. The van der Waals surface area contributed by atoms with Crippen molar-refractivity contribution in [2.24, 2.45) is 5.10 Å². The average Bonchev–Trinajstić information content (AvgIpc) is 3.08. The van der Waals surface area contributed by atoms with Crippen molar-refractivity contribution in [3.8, 4) is 0 Å². The highest BCUT2D eigenvalue weighted by Gasteiger charge is 2.28. The summed E-state index contributed by atoms with van der Waals surface area (Å²) in [7, 11) is -3.51. The highest BCUT2D eigenvalue weighted by atomic mass is 79.9. The first-order valence-corrected chi connectivity index (χ1v) is 12.2. The van der Waals surface area contributed by atoms with Crippen molar-refractivity contribution in [1.29, 1.82) is 0 Å². The van der Waals surface area contributed by atoms with Gasteiger partial charge in [0, 0.05) is 35.5 Å². The second-order valence-electron chi connectivity index (χ2n) is 6.07. The van der Waals surface area contributed by atoms with Gasteiger partial charge in [0.05, 0.1) is 21.4 Å². The molecule has 11 heteroatoms. The molecule has 7 nitrogen and oxygen atoms in total. The van der Waals surface area contributed by atoms with Gasteiger partial charge in [-0.25, -0.2) is 13.8 Å². The molecule has 1 aromatic heterocycles. The normalized spacial score (nSPS) is 16.5. The first-order chi connectivity index (χ1) is 13.3. The summed E-state index contributed by atoms with van der Waals surface area (Å²) in [5.74, 6) is -0.226. The third-order valence-electron chi connectivity index (χ3n) is 4.12. The van der Waals surface area contributed by atoms with E-state index in [1.807, 2.05) is 17.0 Å². The van der Waals surface area contributed by atoms with Gasteiger partial charge in [0.15, 0.2) is 0 Å². The summed E-state index contributed by atoms with van der Waals surface area (Å²) in [6, 6.07) is 10.4. The Morgan fingerprint density at radius 3 is 2.39 bits per heavy atom. The molecular formula is C17H18Br2N4O3S2. The third-order valence-corrected chi connectivity index (χ3v) is 8.12. The number of hydrogen-bond acceptors (Lipinski definition) is 6. The molecule has 0 unspecified atom stereocenters. The summed E-state index contributed by atoms with van der Waals surface area (Å²) in [6.45, 7) is 1.85. The minimum Gasteiger partial charge on any atom is -0.292 e. The molecule has 0 radical (unpaired) electrons. The Kier molecular flexibility index (Phi) is 7.40. The lowest BCUT2D eigenvalue weighted by atomic mass is 10.3. The Morgan fingerprint density at radius 2 is 1.79 bits per heavy atom. The van der Waals surface area contributed by atoms with Crippen LogP contribution in [0.5, 0.6) is 0 Å². The molecule has 1 saturated heterocycles. The lowest BCUT2D eigenvalue weighted by molar-refractivity contribution is -0.122. The van der Waals surface area contributed by atoms with Crippen molar-refractivity contribution in [1.82, 2.24) is 14.6 Å². The predicted molar refractivity (Wildman–Crippen MR) is 117 cm³/mol. The molecule has 1 N–H and O–H groups in total. The largest absolute Gasteiger partial charge is 0.292 e. The van der Waals surface area contributed by atoms with Crippen LogP contribution in [0.25, 0.3) is 0 Å². The molecule has 0 bridgehead atoms. The number of hydrogen-bond donors (Lipinski definition) is 1. The van der Waals surface area contributed by atoms with Gasteiger partial charge in [-0.05, 0) is 52.3 Å². The lowest BCUT2D eigenvalue weighted by Crippen LogP contribution is -2.50. The zero-order chi connectivity index (χ0) is 20.1. The number of nitrogens with zero attached hydrogens (tertiary/aromatic N) is 3. The summed E-state index contributed by atoms with van der Waals surface area (Å²) >= 11 is 8.19. The van der Waals surface area contributed by atoms with Gasteiger partial charge in [-0.1, -0.05) is 15.9 Å². The van der Waals surface area contributed by atoms with Crippen LogP contribution in [0.4, 0.5) is 0 Å². The highest BCUT2D eigenvalue weighted by molar-refractivity contribution is 9.11. The number of halogens is 2. The zero-order valence-corrected chi connectivity index (χ0v) is 19.5. The number of piperazine rings is 1. The summed E-state index contributed by atoms with van der Waals surface area (Å²) in [5.41, 5.74) is 2.50. The minimum absolute atomic E-state index is 0.178. The predicted octanol–water partition coefficient (Wildman–Crippen LogP) is 2.73. The van der Waals surface area contributed by atoms with Crippen molar-refractivity contribution in [3.63, 3.8) is 0 Å². The fourth-order valence-corrected chi connectivity index (χ4v) is 5.67. The number of hydrazone groups is 1. The van der Waals surface area contributed by atoms with Crippen LogP contribution in [-0.4, -0.2) is 62.5 Å². The van der Waals surface area contributed by atoms with Crippen LogP contribution in [-0.2, 0) is 14.8 Å². The monoisotopic (exact) mass is 548 g/mol. The zero-order valence-electron chi connectivity index (χ0n) is 14.7. The Bertz CT molecular complexity index is 953. The first kappa shape index (κ1) is 21.6. The molecule has 1 aliphatic rings. The molecule has 0 spiro atoms. The van der Waals surface area contributed by atoms with Crippen LogP contribution in [0.2, 0.25) is 0 Å². The van der Waals surface area contributed by atoms with Crippen LogP contribution >= 0.6 is 43.2 Å². The van der Waals surface area contributed by atoms with Gasteiger partial charge >= 0.3 is 0 Å². The van der Waals surface area contributed by atoms with E-state index in [4.69, 9.17) is 0 Å². The number of carbonyl (C=O) groups is 1. The molecule has 1 aromatic carbocycles. The minimum atomic E-state index is -3.51. The second-order valence-corrected chi connectivity index (χ2v) is 11.4. The van der Waals surface area contributed by atoms with Gasteiger partial charge in [-0.2, -0.15) is 9.41 Å². The number of sulfonamides is 1. The van der Waals surface area contributed by atoms with Gasteiger partial charge < -0.3 is 0 Å². The van der Waals surface area contributed by atoms with Crippen LogP contribution in [0, 0.1) is 0 Å². The van der Waals surface area contributed by atoms with Crippen molar-refractivity contribution < 1.29 is 13.2 Å². The quantitative estimate of drug-likeness (QED) is 0.443. The van der Waals surface area contributed by atoms with Crippen molar-refractivity contribution >= 4 is 65.3 Å². The van der Waals surface area contributed by atoms with Gasteiger partial charge in [0.1, 0.15) is 0 Å². The topological polar surface area (TPSA) is 82.1 Å². The van der Waals surface area contributed by atoms with Gasteiger partial charge in [-0.3, -0.25) is 9.69 Å². The molecule has 0 aliphatic carbocycles. The Balaban J connectivity index is 1.47. The molecule has 3 rings (SSSR count). The molecule has 1 fully saturated rings. The number of carbonyl (C=O) groups excluding carboxylic acids is 1. The molecular weight excluding hydrogens is 532 g/mol. The lowest BCUT2D eigenvalue weighted by Gasteiger charge is -2.33. The highest BCUT2D eigenvalue weighted by Crippen LogP contribution is 2.21. The molecule has 2 aromatic rings. The average molecular weight is 550 g/mol. The van der Waals surface area contributed by atoms with E-state index in [0.29, 0.717) is 26.2 Å². The second kappa shape index (κ2) is 9.59. The molecule has 0 atom stereocenters. The first-order valence-electron chi connectivity index (χ1n) is 8.40. The fraction of sp³-hybridized carbons (Fsp3) is 0.294. The van der Waals surface area contributed by atoms with Crippen LogP contribution in [0.3, 0.4) is 0 Å². The third kappa shape index (κ3) is 5.71. The molecule has 1 aliphatic heterocycles. The summed E-state index contributed by atoms with van der Waals surface area (Å²) < 4.78 is 28.7. The van der Waals surface area contributed by atoms with Gasteiger partial charge in [-0.15, -0.1) is 11.3 Å². The van der Waals surface area contributed by atoms with E-state index in [2.05, 4.69) is 42.4 Å². The van der Waals surface area contributed by atoms with Gasteiger partial charge in [0.2, 0.25) is 10.0 Å². The molecule has 28 heavy (non-hydrogen) atoms. The van der Waals surface area contributed by atoms with Crippen molar-refractivity contribution in [2.75, 3.05) is 32.7 Å². The number of benzene rings is 1. The molecule has 1 amide bonds. The van der Waals surface area contributed by atoms with Gasteiger partial charge in [0.25, 0.3) is 5.91 Å². The Morgan fingerprint density at radius 1 is 1.11 bits per heavy atom. The Labute approximate surface area is 184 Å². The van der Waals surface area contributed by atoms with E-state index in [-0.39, 0.29) is 17.3 Å². The maximum absolute atomic E-state index is 12.7. The standard InChI is InChI=1S/C17H18Br2N4O3S2/c18-13-1-4-15(5-2-13)28(25,26)23-9-7-22(8-10-23)12-17(24)21-20-11-14-3-6-16(19)27-14/h1-6,11H,7-10,12H2,(H,21,24)/b20-11+. The maximum Gasteiger partial charge on any atom is 0.254 e. The van der Waals surface area contributed by atoms with Crippen LogP contribution < -0.4 is 5.43 Å². The van der Waals surface area contributed by atoms with E-state index in [1.54, 1.807) is 30.5 Å². The summed E-state index contributed by atoms with van der Waals surface area (Å²) in [6.07, 6.45) is 1.59. The van der Waals surface area contributed by atoms with E-state index >= 15 is 0 Å². The van der Waals surface area contributed by atoms with Crippen molar-refractivity contribution in [2.45, 2.75) is 4.90 Å². The van der Waals surface area contributed by atoms with E-state index in [1.165, 1.54) is 15.6 Å². The van der Waals surface area contributed by atoms with Crippen LogP contribution in [0.15, 0.2) is 54.7 Å². The number of nitrogens with one attached hydrogen (secondary N) is 1. The molecule has 0 saturated carbocycles. The summed E-state index contributed by atoms with van der Waals surface area (Å²) in [4.78, 5) is 15.2. The number of rotatable bonds is 6. The Hall–Kier alpha value is -1.11. The molecule has 150 valence electrons. The molecule has 2 heterocycles. The number of amides is 1. The maximum atomic E-state index is 12.7. The SMILES string of the molecule is O=C(CN1CCN(S(=O)(=O)c2ccc(Br)cc2)CC1)N/N=C/c1ccc(Br)s1. The fourth-order valence-electron chi connectivity index (χ4n) is 2.69. The van der Waals surface area contributed by atoms with E-state index in [9.17, 15) is 13.2 Å². The summed E-state index contributed by atoms with van der Waals surface area (Å²) in [5, 5.41) is 3.95. The van der Waals surface area contributed by atoms with E-state index < -0.39 is 10.0 Å². The van der Waals surface area contributed by atoms with Crippen molar-refractivity contribution in [3.05, 3.63) is 49.5 Å². The van der Waals surface area contributed by atoms with E-state index in [0.717, 1.165) is 13.1 Å². The number of thiophene rings is 1.